The molecular weight excluding hydrogens is 869 g/mol. The fourth-order valence-corrected chi connectivity index (χ4v) is 7.88. The monoisotopic (exact) mass is 938 g/mol. The Hall–Kier alpha value is -5.88. The van der Waals surface area contributed by atoms with E-state index in [0.29, 0.717) is 36.6 Å². The molecule has 0 radical (unpaired) electrons. The van der Waals surface area contributed by atoms with Gasteiger partial charge >= 0.3 is 0 Å². The van der Waals surface area contributed by atoms with Crippen molar-refractivity contribution < 1.29 is 48.1 Å². The number of aryl methyl sites for hydroxylation is 1. The summed E-state index contributed by atoms with van der Waals surface area (Å²) in [6.07, 6.45) is -0.922. The molecule has 0 saturated carbocycles. The van der Waals surface area contributed by atoms with Crippen molar-refractivity contribution in [2.75, 3.05) is 60.0 Å². The van der Waals surface area contributed by atoms with Crippen LogP contribution in [-0.2, 0) is 30.5 Å². The fraction of sp³-hybridized carbons (Fsp3) is 0.390. The molecule has 10 nitrogen and oxygen atoms in total. The number of aliphatic hydroxyl groups is 2. The number of methoxy groups -OCH3 is 1. The summed E-state index contributed by atoms with van der Waals surface area (Å²) in [4.78, 5) is 0. The minimum Gasteiger partial charge on any atom is -0.491 e. The van der Waals surface area contributed by atoms with Crippen LogP contribution in [-0.4, -0.2) is 94.6 Å². The smallest absolute Gasteiger partial charge is 0.122 e. The lowest BCUT2D eigenvalue weighted by molar-refractivity contribution is 0.0325. The van der Waals surface area contributed by atoms with Crippen LogP contribution in [0, 0.1) is 6.92 Å². The Morgan fingerprint density at radius 3 is 0.884 bits per heavy atom. The van der Waals surface area contributed by atoms with Crippen molar-refractivity contribution in [2.24, 2.45) is 0 Å². The van der Waals surface area contributed by atoms with E-state index in [9.17, 15) is 10.2 Å². The number of benzene rings is 6. The molecule has 4 atom stereocenters. The zero-order chi connectivity index (χ0) is 49.0. The van der Waals surface area contributed by atoms with Gasteiger partial charge in [0, 0.05) is 23.4 Å². The molecule has 69 heavy (non-hydrogen) atoms. The minimum absolute atomic E-state index is 0.00810. The van der Waals surface area contributed by atoms with E-state index in [2.05, 4.69) is 109 Å². The van der Waals surface area contributed by atoms with Crippen molar-refractivity contribution in [3.63, 3.8) is 0 Å². The van der Waals surface area contributed by atoms with Crippen molar-refractivity contribution in [1.82, 2.24) is 0 Å². The van der Waals surface area contributed by atoms with Gasteiger partial charge in [0.2, 0.25) is 0 Å². The van der Waals surface area contributed by atoms with Gasteiger partial charge in [0.25, 0.3) is 0 Å². The van der Waals surface area contributed by atoms with Crippen LogP contribution in [0.2, 0.25) is 0 Å². The zero-order valence-corrected chi connectivity index (χ0v) is 41.5. The largest absolute Gasteiger partial charge is 0.491 e. The van der Waals surface area contributed by atoms with Gasteiger partial charge in [-0.1, -0.05) is 132 Å². The lowest BCUT2D eigenvalue weighted by Crippen LogP contribution is -2.25. The van der Waals surface area contributed by atoms with E-state index in [1.807, 2.05) is 84.9 Å². The van der Waals surface area contributed by atoms with Gasteiger partial charge in [-0.15, -0.1) is 0 Å². The summed E-state index contributed by atoms with van der Waals surface area (Å²) in [5, 5.41) is 20.4. The Morgan fingerprint density at radius 2 is 0.638 bits per heavy atom. The summed E-state index contributed by atoms with van der Waals surface area (Å²) >= 11 is 0. The predicted molar refractivity (Wildman–Crippen MR) is 271 cm³/mol. The highest BCUT2D eigenvalue weighted by molar-refractivity contribution is 5.44. The van der Waals surface area contributed by atoms with Gasteiger partial charge in [0.15, 0.2) is 0 Å². The van der Waals surface area contributed by atoms with E-state index < -0.39 is 12.2 Å². The Balaban J connectivity index is 0.000000277. The maximum absolute atomic E-state index is 10.6. The molecule has 2 N–H and O–H groups in total. The van der Waals surface area contributed by atoms with Crippen LogP contribution in [0.25, 0.3) is 0 Å². The van der Waals surface area contributed by atoms with Crippen LogP contribution < -0.4 is 23.7 Å². The maximum Gasteiger partial charge on any atom is 0.122 e. The van der Waals surface area contributed by atoms with E-state index >= 15 is 0 Å². The highest BCUT2D eigenvalue weighted by atomic mass is 16.6. The predicted octanol–water partition coefficient (Wildman–Crippen LogP) is 10.4. The second kappa shape index (κ2) is 23.2. The molecular formula is C59H70O10. The van der Waals surface area contributed by atoms with Crippen molar-refractivity contribution in [3.8, 4) is 28.7 Å². The third kappa shape index (κ3) is 14.6. The standard InChI is InChI=1S/C40H48O8.C19H22O2/c1-39(2,28-6-14-34(15-7-28)44-23-32(41)22-43-5)29-8-16-35(17-9-29)45-24-33(42)25-46-36-18-10-30(11-19-36)40(3,4)31-12-20-37(21-13-31)47-26-38-27-48-38;1-14-4-6-15(7-5-14)19(2,3)16-8-10-17(11-9-16)20-12-18-13-21-18/h6-21,32-33,38,41-42H,22-27H2,1-5H3;4-11,18H,12-13H2,1-3H3. The quantitative estimate of drug-likeness (QED) is 0.0601. The molecule has 0 aromatic heterocycles. The highest BCUT2D eigenvalue weighted by Gasteiger charge is 2.27. The zero-order valence-electron chi connectivity index (χ0n) is 41.5. The molecule has 0 spiro atoms. The average Bonchev–Trinajstić information content (AvgIpc) is 4.32. The second-order valence-electron chi connectivity index (χ2n) is 19.6. The van der Waals surface area contributed by atoms with Gasteiger partial charge in [-0.3, -0.25) is 0 Å². The van der Waals surface area contributed by atoms with Crippen LogP contribution in [0.3, 0.4) is 0 Å². The number of aliphatic hydroxyl groups excluding tert-OH is 2. The van der Waals surface area contributed by atoms with Gasteiger partial charge in [0.05, 0.1) is 19.8 Å². The summed E-state index contributed by atoms with van der Waals surface area (Å²) < 4.78 is 44.2. The van der Waals surface area contributed by atoms with Crippen LogP contribution in [0.5, 0.6) is 28.7 Å². The molecule has 2 saturated heterocycles. The molecule has 6 aromatic carbocycles. The Labute approximate surface area is 409 Å². The van der Waals surface area contributed by atoms with Crippen LogP contribution >= 0.6 is 0 Å². The molecule has 10 heteroatoms. The SMILES string of the molecule is COCC(O)COc1ccc(C(C)(C)c2ccc(OCC(O)COc3ccc(C(C)(C)c4ccc(OCC5CO5)cc4)cc3)cc2)cc1.Cc1ccc(C(C)(C)c2ccc(OCC3CO3)cc2)cc1. The molecule has 2 fully saturated rings. The molecule has 4 unspecified atom stereocenters. The Kier molecular flexibility index (Phi) is 17.1. The van der Waals surface area contributed by atoms with Crippen LogP contribution in [0.15, 0.2) is 146 Å². The van der Waals surface area contributed by atoms with Crippen LogP contribution in [0.1, 0.15) is 80.5 Å². The number of rotatable bonds is 23. The highest BCUT2D eigenvalue weighted by Crippen LogP contribution is 2.36. The van der Waals surface area contributed by atoms with E-state index in [-0.39, 0.29) is 48.8 Å². The summed E-state index contributed by atoms with van der Waals surface area (Å²) in [7, 11) is 1.55. The van der Waals surface area contributed by atoms with Crippen molar-refractivity contribution in [3.05, 3.63) is 185 Å². The number of hydrogen-bond acceptors (Lipinski definition) is 10. The third-order valence-electron chi connectivity index (χ3n) is 13.0. The summed E-state index contributed by atoms with van der Waals surface area (Å²) in [6, 6.07) is 49.2. The summed E-state index contributed by atoms with van der Waals surface area (Å²) in [5.41, 5.74) is 8.04. The average molecular weight is 939 g/mol. The lowest BCUT2D eigenvalue weighted by atomic mass is 9.78. The molecule has 6 aromatic rings. The Morgan fingerprint density at radius 1 is 0.406 bits per heavy atom. The van der Waals surface area contributed by atoms with Crippen molar-refractivity contribution >= 4 is 0 Å². The fourth-order valence-electron chi connectivity index (χ4n) is 7.88. The first-order chi connectivity index (χ1) is 33.1. The van der Waals surface area contributed by atoms with E-state index in [1.54, 1.807) is 7.11 Å². The third-order valence-corrected chi connectivity index (χ3v) is 13.0. The molecule has 0 bridgehead atoms. The number of hydrogen-bond donors (Lipinski definition) is 2. The van der Waals surface area contributed by atoms with Crippen molar-refractivity contribution in [2.45, 2.75) is 89.1 Å². The van der Waals surface area contributed by atoms with E-state index in [4.69, 9.17) is 37.9 Å². The second-order valence-corrected chi connectivity index (χ2v) is 19.6. The van der Waals surface area contributed by atoms with Gasteiger partial charge in [-0.2, -0.15) is 0 Å². The molecule has 366 valence electrons. The molecule has 8 rings (SSSR count). The van der Waals surface area contributed by atoms with Gasteiger partial charge in [0.1, 0.15) is 86.2 Å². The molecule has 2 aliphatic heterocycles. The van der Waals surface area contributed by atoms with Gasteiger partial charge in [-0.25, -0.2) is 0 Å². The first-order valence-corrected chi connectivity index (χ1v) is 23.9. The summed E-state index contributed by atoms with van der Waals surface area (Å²) in [6.45, 7) is 18.8. The molecule has 0 amide bonds. The molecule has 0 aliphatic carbocycles. The first kappa shape index (κ1) is 51.0. The van der Waals surface area contributed by atoms with Gasteiger partial charge in [-0.05, 0) is 101 Å². The topological polar surface area (TPSA) is 121 Å². The maximum atomic E-state index is 10.6. The van der Waals surface area contributed by atoms with Crippen LogP contribution in [0.4, 0.5) is 0 Å². The minimum atomic E-state index is -0.791. The Bertz CT molecular complexity index is 2460. The normalized spacial score (nSPS) is 16.3. The first-order valence-electron chi connectivity index (χ1n) is 23.9. The van der Waals surface area contributed by atoms with Crippen molar-refractivity contribution in [1.29, 1.82) is 0 Å². The molecule has 2 heterocycles. The van der Waals surface area contributed by atoms with Gasteiger partial charge < -0.3 is 48.1 Å². The summed E-state index contributed by atoms with van der Waals surface area (Å²) in [5.74, 6) is 3.82. The number of ether oxygens (including phenoxy) is 8. The molecule has 2 aliphatic rings. The van der Waals surface area contributed by atoms with E-state index in [1.165, 1.54) is 22.3 Å². The number of epoxide rings is 2. The lowest BCUT2D eigenvalue weighted by Gasteiger charge is -2.27. The van der Waals surface area contributed by atoms with E-state index in [0.717, 1.165) is 41.4 Å².